The first-order valence-corrected chi connectivity index (χ1v) is 4.96. The first-order valence-electron chi connectivity index (χ1n) is 4.55. The van der Waals surface area contributed by atoms with Crippen molar-refractivity contribution in [3.8, 4) is 11.4 Å². The zero-order chi connectivity index (χ0) is 12.4. The van der Waals surface area contributed by atoms with E-state index in [2.05, 4.69) is 20.3 Å². The molecule has 1 aromatic carbocycles. The van der Waals surface area contributed by atoms with Crippen molar-refractivity contribution in [1.29, 1.82) is 0 Å². The number of phenolic OH excluding ortho intramolecular Hbond substituents is 1. The van der Waals surface area contributed by atoms with Gasteiger partial charge in [-0.2, -0.15) is 5.21 Å². The molecule has 0 amide bonds. The van der Waals surface area contributed by atoms with Crippen LogP contribution in [0.4, 0.5) is 0 Å². The van der Waals surface area contributed by atoms with E-state index in [1.54, 1.807) is 6.07 Å². The van der Waals surface area contributed by atoms with Crippen LogP contribution in [0.1, 0.15) is 10.4 Å². The molecular formula is C9H8N4O3S. The standard InChI is InChI=1S/C9H8N4O3S/c1-16-8(15)6-4-5(2-3-7(6)14)13-9(17)10-11-12-13/h2-4,14H,1H3,(H,10,12,17). The highest BCUT2D eigenvalue weighted by molar-refractivity contribution is 7.71. The maximum absolute atomic E-state index is 11.4. The molecule has 2 N–H and O–H groups in total. The van der Waals surface area contributed by atoms with E-state index in [-0.39, 0.29) is 16.1 Å². The molecule has 0 saturated heterocycles. The van der Waals surface area contributed by atoms with Crippen LogP contribution in [0.5, 0.6) is 5.75 Å². The highest BCUT2D eigenvalue weighted by Gasteiger charge is 2.13. The summed E-state index contributed by atoms with van der Waals surface area (Å²) in [5.41, 5.74) is 0.569. The van der Waals surface area contributed by atoms with Gasteiger partial charge in [0.2, 0.25) is 4.77 Å². The quantitative estimate of drug-likeness (QED) is 0.607. The van der Waals surface area contributed by atoms with E-state index >= 15 is 0 Å². The van der Waals surface area contributed by atoms with E-state index in [0.29, 0.717) is 5.69 Å². The van der Waals surface area contributed by atoms with Crippen LogP contribution >= 0.6 is 12.2 Å². The Labute approximate surface area is 101 Å². The molecule has 17 heavy (non-hydrogen) atoms. The number of nitrogens with one attached hydrogen (secondary N) is 1. The van der Waals surface area contributed by atoms with Crippen molar-refractivity contribution < 1.29 is 14.6 Å². The molecule has 0 spiro atoms. The fraction of sp³-hybridized carbons (Fsp3) is 0.111. The predicted octanol–water partition coefficient (Wildman–Crippen LogP) is 0.817. The SMILES string of the molecule is COC(=O)c1cc(-n2[nH]nnc2=S)ccc1O. The average molecular weight is 252 g/mol. The molecule has 1 heterocycles. The molecule has 0 aliphatic heterocycles. The summed E-state index contributed by atoms with van der Waals surface area (Å²) in [5, 5.41) is 19.2. The molecule has 0 fully saturated rings. The number of ether oxygens (including phenoxy) is 1. The Kier molecular flexibility index (Phi) is 2.88. The number of esters is 1. The van der Waals surface area contributed by atoms with Crippen LogP contribution in [0.15, 0.2) is 18.2 Å². The lowest BCUT2D eigenvalue weighted by Crippen LogP contribution is -2.04. The zero-order valence-corrected chi connectivity index (χ0v) is 9.56. The Morgan fingerprint density at radius 2 is 2.35 bits per heavy atom. The Morgan fingerprint density at radius 3 is 2.94 bits per heavy atom. The van der Waals surface area contributed by atoms with Crippen molar-refractivity contribution >= 4 is 18.2 Å². The lowest BCUT2D eigenvalue weighted by molar-refractivity contribution is 0.0597. The number of phenols is 1. The highest BCUT2D eigenvalue weighted by atomic mass is 32.1. The summed E-state index contributed by atoms with van der Waals surface area (Å²) in [6, 6.07) is 4.36. The number of aromatic hydroxyl groups is 1. The fourth-order valence-corrected chi connectivity index (χ4v) is 1.49. The summed E-state index contributed by atoms with van der Waals surface area (Å²) in [6.45, 7) is 0. The number of aromatic amines is 1. The Hall–Kier alpha value is -2.22. The minimum Gasteiger partial charge on any atom is -0.507 e. The fourth-order valence-electron chi connectivity index (χ4n) is 1.30. The number of methoxy groups -OCH3 is 1. The number of H-pyrrole nitrogens is 1. The second kappa shape index (κ2) is 4.34. The van der Waals surface area contributed by atoms with Crippen LogP contribution in [0, 0.1) is 4.77 Å². The van der Waals surface area contributed by atoms with E-state index in [1.165, 1.54) is 23.9 Å². The largest absolute Gasteiger partial charge is 0.507 e. The molecule has 2 rings (SSSR count). The van der Waals surface area contributed by atoms with Crippen molar-refractivity contribution in [3.63, 3.8) is 0 Å². The van der Waals surface area contributed by atoms with Crippen LogP contribution in [-0.2, 0) is 4.74 Å². The molecule has 7 nitrogen and oxygen atoms in total. The first kappa shape index (κ1) is 11.3. The van der Waals surface area contributed by atoms with Gasteiger partial charge in [-0.1, -0.05) is 10.3 Å². The number of carbonyl (C=O) groups is 1. The molecular weight excluding hydrogens is 244 g/mol. The molecule has 0 atom stereocenters. The van der Waals surface area contributed by atoms with Crippen LogP contribution < -0.4 is 0 Å². The molecule has 2 aromatic rings. The van der Waals surface area contributed by atoms with E-state index in [9.17, 15) is 9.90 Å². The molecule has 88 valence electrons. The maximum Gasteiger partial charge on any atom is 0.341 e. The molecule has 8 heteroatoms. The van der Waals surface area contributed by atoms with Gasteiger partial charge in [-0.25, -0.2) is 9.48 Å². The van der Waals surface area contributed by atoms with Gasteiger partial charge in [0, 0.05) is 0 Å². The number of rotatable bonds is 2. The summed E-state index contributed by atoms with van der Waals surface area (Å²) in [5.74, 6) is -0.803. The molecule has 0 bridgehead atoms. The lowest BCUT2D eigenvalue weighted by Gasteiger charge is -2.05. The van der Waals surface area contributed by atoms with Gasteiger partial charge in [0.1, 0.15) is 11.3 Å². The summed E-state index contributed by atoms with van der Waals surface area (Å²) in [7, 11) is 1.23. The van der Waals surface area contributed by atoms with E-state index in [1.807, 2.05) is 0 Å². The number of carbonyl (C=O) groups excluding carboxylic acids is 1. The highest BCUT2D eigenvalue weighted by Crippen LogP contribution is 2.21. The molecule has 0 aliphatic carbocycles. The smallest absolute Gasteiger partial charge is 0.341 e. The summed E-state index contributed by atoms with van der Waals surface area (Å²) >= 11 is 4.92. The molecule has 0 aliphatic rings. The topological polar surface area (TPSA) is 93.0 Å². The number of benzene rings is 1. The van der Waals surface area contributed by atoms with Gasteiger partial charge in [0.25, 0.3) is 0 Å². The van der Waals surface area contributed by atoms with Crippen LogP contribution in [-0.4, -0.2) is 38.4 Å². The second-order valence-corrected chi connectivity index (χ2v) is 3.48. The molecule has 0 radical (unpaired) electrons. The summed E-state index contributed by atoms with van der Waals surface area (Å²) in [6.07, 6.45) is 0. The Balaban J connectivity index is 2.55. The second-order valence-electron chi connectivity index (χ2n) is 3.11. The number of tetrazole rings is 1. The van der Waals surface area contributed by atoms with E-state index in [4.69, 9.17) is 12.2 Å². The van der Waals surface area contributed by atoms with E-state index < -0.39 is 5.97 Å². The van der Waals surface area contributed by atoms with Crippen LogP contribution in [0.2, 0.25) is 0 Å². The minimum atomic E-state index is -0.636. The van der Waals surface area contributed by atoms with Crippen LogP contribution in [0.3, 0.4) is 0 Å². The zero-order valence-electron chi connectivity index (χ0n) is 8.75. The summed E-state index contributed by atoms with van der Waals surface area (Å²) in [4.78, 5) is 11.4. The Bertz CT molecular complexity index is 619. The third kappa shape index (κ3) is 2.02. The number of nitrogens with zero attached hydrogens (tertiary/aromatic N) is 3. The van der Waals surface area contributed by atoms with Gasteiger partial charge >= 0.3 is 5.97 Å². The third-order valence-corrected chi connectivity index (χ3v) is 2.38. The Morgan fingerprint density at radius 1 is 1.59 bits per heavy atom. The van der Waals surface area contributed by atoms with Gasteiger partial charge < -0.3 is 9.84 Å². The van der Waals surface area contributed by atoms with Crippen LogP contribution in [0.25, 0.3) is 5.69 Å². The summed E-state index contributed by atoms with van der Waals surface area (Å²) < 4.78 is 6.15. The normalized spacial score (nSPS) is 10.2. The van der Waals surface area contributed by atoms with E-state index in [0.717, 1.165) is 0 Å². The van der Waals surface area contributed by atoms with Crippen molar-refractivity contribution in [2.24, 2.45) is 0 Å². The number of hydrogen-bond acceptors (Lipinski definition) is 6. The number of hydrogen-bond donors (Lipinski definition) is 2. The maximum atomic E-state index is 11.4. The van der Waals surface area contributed by atoms with Crippen molar-refractivity contribution in [2.75, 3.05) is 7.11 Å². The third-order valence-electron chi connectivity index (χ3n) is 2.12. The lowest BCUT2D eigenvalue weighted by atomic mass is 10.2. The average Bonchev–Trinajstić information content (AvgIpc) is 2.75. The van der Waals surface area contributed by atoms with Gasteiger partial charge in [-0.05, 0) is 30.4 Å². The monoisotopic (exact) mass is 252 g/mol. The van der Waals surface area contributed by atoms with Gasteiger partial charge in [-0.3, -0.25) is 0 Å². The van der Waals surface area contributed by atoms with Crippen molar-refractivity contribution in [1.82, 2.24) is 20.2 Å². The first-order chi connectivity index (χ1) is 8.13. The molecule has 0 saturated carbocycles. The number of aromatic nitrogens is 4. The van der Waals surface area contributed by atoms with Crippen molar-refractivity contribution in [3.05, 3.63) is 28.5 Å². The predicted molar refractivity (Wildman–Crippen MR) is 59.5 cm³/mol. The van der Waals surface area contributed by atoms with Gasteiger partial charge in [0.15, 0.2) is 0 Å². The van der Waals surface area contributed by atoms with Gasteiger partial charge in [-0.15, -0.1) is 0 Å². The van der Waals surface area contributed by atoms with Gasteiger partial charge in [0.05, 0.1) is 12.8 Å². The molecule has 1 aromatic heterocycles. The molecule has 0 unspecified atom stereocenters. The minimum absolute atomic E-state index is 0.0431. The van der Waals surface area contributed by atoms with Crippen molar-refractivity contribution in [2.45, 2.75) is 0 Å².